The minimum absolute atomic E-state index is 0.294. The maximum atomic E-state index is 12.1. The standard InChI is InChI=1S/C25H26ClN7O2/c1-2-35-25(34)32-14-12-31(13-15-32)24-28-21(18-8-10-19(26)11-9-18)20-22(27)33(30-23(20)29-24)16-17-6-4-3-5-7-17/h3-11H,2,12-16,27H2,1H3. The topological polar surface area (TPSA) is 102 Å². The van der Waals surface area contributed by atoms with Crippen LogP contribution in [-0.2, 0) is 11.3 Å². The maximum Gasteiger partial charge on any atom is 0.409 e. The predicted molar refractivity (Wildman–Crippen MR) is 137 cm³/mol. The Labute approximate surface area is 208 Å². The molecule has 1 amide bonds. The van der Waals surface area contributed by atoms with Gasteiger partial charge in [0.25, 0.3) is 0 Å². The molecule has 1 saturated heterocycles. The van der Waals surface area contributed by atoms with E-state index in [1.807, 2.05) is 54.6 Å². The number of nitrogens with two attached hydrogens (primary N) is 1. The molecule has 0 saturated carbocycles. The first-order chi connectivity index (χ1) is 17.0. The van der Waals surface area contributed by atoms with Crippen molar-refractivity contribution in [2.45, 2.75) is 13.5 Å². The van der Waals surface area contributed by atoms with E-state index in [9.17, 15) is 4.79 Å². The van der Waals surface area contributed by atoms with Crippen LogP contribution in [0.1, 0.15) is 12.5 Å². The number of halogens is 1. The fourth-order valence-electron chi connectivity index (χ4n) is 4.18. The Bertz CT molecular complexity index is 1330. The van der Waals surface area contributed by atoms with E-state index in [1.165, 1.54) is 0 Å². The van der Waals surface area contributed by atoms with Gasteiger partial charge in [0.05, 0.1) is 24.2 Å². The third-order valence-corrected chi connectivity index (χ3v) is 6.26. The molecule has 180 valence electrons. The van der Waals surface area contributed by atoms with Crippen molar-refractivity contribution in [2.75, 3.05) is 43.4 Å². The van der Waals surface area contributed by atoms with Crippen LogP contribution < -0.4 is 10.6 Å². The number of piperazine rings is 1. The molecule has 0 aliphatic carbocycles. The number of anilines is 2. The maximum absolute atomic E-state index is 12.1. The van der Waals surface area contributed by atoms with E-state index < -0.39 is 0 Å². The SMILES string of the molecule is CCOC(=O)N1CCN(c2nc(-c3ccc(Cl)cc3)c3c(N)n(Cc4ccccc4)nc3n2)CC1. The normalized spacial score (nSPS) is 13.9. The lowest BCUT2D eigenvalue weighted by atomic mass is 10.1. The fourth-order valence-corrected chi connectivity index (χ4v) is 4.31. The van der Waals surface area contributed by atoms with Gasteiger partial charge in [-0.05, 0) is 24.6 Å². The van der Waals surface area contributed by atoms with E-state index in [4.69, 9.17) is 37.1 Å². The van der Waals surface area contributed by atoms with E-state index in [-0.39, 0.29) is 6.09 Å². The molecule has 0 radical (unpaired) electrons. The largest absolute Gasteiger partial charge is 0.450 e. The average molecular weight is 492 g/mol. The Hall–Kier alpha value is -3.85. The Morgan fingerprint density at radius 2 is 1.74 bits per heavy atom. The van der Waals surface area contributed by atoms with Gasteiger partial charge in [0.1, 0.15) is 5.82 Å². The molecule has 9 nitrogen and oxygen atoms in total. The highest BCUT2D eigenvalue weighted by Gasteiger charge is 2.26. The third-order valence-electron chi connectivity index (χ3n) is 6.01. The number of benzene rings is 2. The fraction of sp³-hybridized carbons (Fsp3) is 0.280. The number of hydrogen-bond acceptors (Lipinski definition) is 7. The van der Waals surface area contributed by atoms with Gasteiger partial charge >= 0.3 is 6.09 Å². The van der Waals surface area contributed by atoms with Crippen LogP contribution >= 0.6 is 11.6 Å². The smallest absolute Gasteiger partial charge is 0.409 e. The summed E-state index contributed by atoms with van der Waals surface area (Å²) in [5.74, 6) is 1.06. The van der Waals surface area contributed by atoms with Crippen LogP contribution in [0.3, 0.4) is 0 Å². The number of nitrogen functional groups attached to an aromatic ring is 1. The number of carbonyl (C=O) groups is 1. The molecule has 35 heavy (non-hydrogen) atoms. The zero-order chi connectivity index (χ0) is 24.4. The summed E-state index contributed by atoms with van der Waals surface area (Å²) >= 11 is 6.13. The lowest BCUT2D eigenvalue weighted by Gasteiger charge is -2.34. The summed E-state index contributed by atoms with van der Waals surface area (Å²) in [6.07, 6.45) is -0.294. The minimum Gasteiger partial charge on any atom is -0.450 e. The van der Waals surface area contributed by atoms with Crippen molar-refractivity contribution < 1.29 is 9.53 Å². The number of amides is 1. The number of fused-ring (bicyclic) bond motifs is 1. The molecule has 5 rings (SSSR count). The van der Waals surface area contributed by atoms with Gasteiger partial charge < -0.3 is 20.3 Å². The van der Waals surface area contributed by atoms with Crippen LogP contribution in [0.4, 0.5) is 16.6 Å². The Balaban J connectivity index is 1.53. The van der Waals surface area contributed by atoms with Crippen LogP contribution in [0, 0.1) is 0 Å². The Kier molecular flexibility index (Phi) is 6.41. The summed E-state index contributed by atoms with van der Waals surface area (Å²) < 4.78 is 6.89. The van der Waals surface area contributed by atoms with Crippen molar-refractivity contribution in [2.24, 2.45) is 0 Å². The quantitative estimate of drug-likeness (QED) is 0.449. The van der Waals surface area contributed by atoms with Gasteiger partial charge in [0, 0.05) is 36.8 Å². The molecule has 0 bridgehead atoms. The highest BCUT2D eigenvalue weighted by atomic mass is 35.5. The molecular formula is C25H26ClN7O2. The molecule has 10 heteroatoms. The highest BCUT2D eigenvalue weighted by molar-refractivity contribution is 6.30. The zero-order valence-electron chi connectivity index (χ0n) is 19.4. The van der Waals surface area contributed by atoms with Gasteiger partial charge in [-0.15, -0.1) is 5.10 Å². The van der Waals surface area contributed by atoms with Crippen LogP contribution in [-0.4, -0.2) is 63.5 Å². The first kappa shape index (κ1) is 22.9. The van der Waals surface area contributed by atoms with Gasteiger partial charge in [-0.1, -0.05) is 54.1 Å². The summed E-state index contributed by atoms with van der Waals surface area (Å²) in [6, 6.07) is 17.5. The van der Waals surface area contributed by atoms with Gasteiger partial charge in [-0.2, -0.15) is 4.98 Å². The molecule has 1 aliphatic rings. The lowest BCUT2D eigenvalue weighted by Crippen LogP contribution is -2.49. The van der Waals surface area contributed by atoms with E-state index in [1.54, 1.807) is 16.5 Å². The van der Waals surface area contributed by atoms with E-state index in [0.717, 1.165) is 11.1 Å². The third kappa shape index (κ3) is 4.72. The van der Waals surface area contributed by atoms with Gasteiger partial charge in [0.2, 0.25) is 5.95 Å². The van der Waals surface area contributed by atoms with Gasteiger partial charge in [-0.3, -0.25) is 0 Å². The summed E-state index contributed by atoms with van der Waals surface area (Å²) in [6.45, 7) is 4.92. The van der Waals surface area contributed by atoms with E-state index >= 15 is 0 Å². The monoisotopic (exact) mass is 491 g/mol. The Morgan fingerprint density at radius 3 is 2.43 bits per heavy atom. The molecule has 4 aromatic rings. The molecule has 3 heterocycles. The van der Waals surface area contributed by atoms with Gasteiger partial charge in [-0.25, -0.2) is 14.5 Å². The van der Waals surface area contributed by atoms with E-state index in [0.29, 0.717) is 72.8 Å². The average Bonchev–Trinajstić information content (AvgIpc) is 3.19. The first-order valence-electron chi connectivity index (χ1n) is 11.5. The molecule has 2 N–H and O–H groups in total. The number of hydrogen-bond donors (Lipinski definition) is 1. The van der Waals surface area contributed by atoms with Crippen molar-refractivity contribution in [3.05, 3.63) is 65.2 Å². The lowest BCUT2D eigenvalue weighted by molar-refractivity contribution is 0.105. The first-order valence-corrected chi connectivity index (χ1v) is 11.9. The molecule has 2 aromatic carbocycles. The molecule has 2 aromatic heterocycles. The highest BCUT2D eigenvalue weighted by Crippen LogP contribution is 2.33. The van der Waals surface area contributed by atoms with Gasteiger partial charge in [0.15, 0.2) is 5.65 Å². The second kappa shape index (κ2) is 9.79. The number of carbonyl (C=O) groups excluding carboxylic acids is 1. The number of nitrogens with zero attached hydrogens (tertiary/aromatic N) is 6. The molecule has 0 spiro atoms. The van der Waals surface area contributed by atoms with Crippen molar-refractivity contribution in [3.8, 4) is 11.3 Å². The van der Waals surface area contributed by atoms with E-state index in [2.05, 4.69) is 4.90 Å². The number of rotatable bonds is 5. The molecular weight excluding hydrogens is 466 g/mol. The molecule has 0 atom stereocenters. The summed E-state index contributed by atoms with van der Waals surface area (Å²) in [5, 5.41) is 6.08. The number of ether oxygens (including phenoxy) is 1. The van der Waals surface area contributed by atoms with Crippen molar-refractivity contribution in [3.63, 3.8) is 0 Å². The predicted octanol–water partition coefficient (Wildman–Crippen LogP) is 4.06. The second-order valence-corrected chi connectivity index (χ2v) is 8.72. The Morgan fingerprint density at radius 1 is 1.03 bits per heavy atom. The second-order valence-electron chi connectivity index (χ2n) is 8.28. The summed E-state index contributed by atoms with van der Waals surface area (Å²) in [5.41, 5.74) is 9.78. The van der Waals surface area contributed by atoms with Crippen molar-refractivity contribution >= 4 is 40.5 Å². The minimum atomic E-state index is -0.294. The van der Waals surface area contributed by atoms with Crippen molar-refractivity contribution in [1.82, 2.24) is 24.6 Å². The summed E-state index contributed by atoms with van der Waals surface area (Å²) in [7, 11) is 0. The molecule has 1 aliphatic heterocycles. The van der Waals surface area contributed by atoms with Crippen LogP contribution in [0.5, 0.6) is 0 Å². The van der Waals surface area contributed by atoms with Crippen LogP contribution in [0.2, 0.25) is 5.02 Å². The zero-order valence-corrected chi connectivity index (χ0v) is 20.1. The number of aromatic nitrogens is 4. The van der Waals surface area contributed by atoms with Crippen LogP contribution in [0.15, 0.2) is 54.6 Å². The molecule has 1 fully saturated rings. The summed E-state index contributed by atoms with van der Waals surface area (Å²) in [4.78, 5) is 25.5. The molecule has 0 unspecified atom stereocenters. The van der Waals surface area contributed by atoms with Crippen molar-refractivity contribution in [1.29, 1.82) is 0 Å². The van der Waals surface area contributed by atoms with Crippen LogP contribution in [0.25, 0.3) is 22.3 Å².